The van der Waals surface area contributed by atoms with Crippen molar-refractivity contribution in [1.82, 2.24) is 19.2 Å². The van der Waals surface area contributed by atoms with Gasteiger partial charge in [-0.05, 0) is 19.9 Å². The minimum atomic E-state index is -0.682. The van der Waals surface area contributed by atoms with Crippen molar-refractivity contribution < 1.29 is 9.53 Å². The molecule has 142 valence electrons. The highest BCUT2D eigenvalue weighted by Gasteiger charge is 2.19. The first-order valence-corrected chi connectivity index (χ1v) is 9.48. The van der Waals surface area contributed by atoms with E-state index in [4.69, 9.17) is 4.74 Å². The lowest BCUT2D eigenvalue weighted by atomic mass is 10.1. The summed E-state index contributed by atoms with van der Waals surface area (Å²) in [6.45, 7) is 3.46. The van der Waals surface area contributed by atoms with Crippen LogP contribution in [0.25, 0.3) is 15.7 Å². The Balaban J connectivity index is 1.69. The minimum Gasteiger partial charge on any atom is -0.454 e. The molecule has 0 aliphatic rings. The molecule has 9 heteroatoms. The number of fused-ring (bicyclic) bond motifs is 2. The maximum atomic E-state index is 12.7. The van der Waals surface area contributed by atoms with E-state index in [1.807, 2.05) is 13.8 Å². The predicted molar refractivity (Wildman–Crippen MR) is 105 cm³/mol. The molecule has 0 radical (unpaired) electrons. The Kier molecular flexibility index (Phi) is 4.52. The van der Waals surface area contributed by atoms with Crippen molar-refractivity contribution in [1.29, 1.82) is 0 Å². The van der Waals surface area contributed by atoms with Crippen molar-refractivity contribution in [2.75, 3.05) is 0 Å². The molecular weight excluding hydrogens is 380 g/mol. The van der Waals surface area contributed by atoms with Crippen LogP contribution in [0.3, 0.4) is 0 Å². The number of benzene rings is 1. The third-order valence-corrected chi connectivity index (χ3v) is 4.97. The standard InChI is InChI=1S/C19H16N4O4S/c1-11(2)23-17(25)14-6-4-3-5-13(14)16(21-23)18(26)27-10-12-9-15(24)22-7-8-28-19(22)20-12/h3-9,11H,10H2,1-2H3. The molecule has 0 N–H and O–H groups in total. The van der Waals surface area contributed by atoms with Gasteiger partial charge in [-0.2, -0.15) is 5.10 Å². The van der Waals surface area contributed by atoms with Gasteiger partial charge in [0.2, 0.25) is 0 Å². The Labute approximate surface area is 162 Å². The molecule has 0 aliphatic heterocycles. The lowest BCUT2D eigenvalue weighted by Crippen LogP contribution is -2.28. The summed E-state index contributed by atoms with van der Waals surface area (Å²) in [6, 6.07) is 7.89. The molecule has 0 amide bonds. The van der Waals surface area contributed by atoms with Gasteiger partial charge in [0.15, 0.2) is 10.7 Å². The monoisotopic (exact) mass is 396 g/mol. The van der Waals surface area contributed by atoms with Crippen molar-refractivity contribution in [2.45, 2.75) is 26.5 Å². The van der Waals surface area contributed by atoms with Crippen LogP contribution in [-0.4, -0.2) is 25.1 Å². The van der Waals surface area contributed by atoms with Gasteiger partial charge in [0.1, 0.15) is 6.61 Å². The van der Waals surface area contributed by atoms with Crippen LogP contribution >= 0.6 is 11.3 Å². The van der Waals surface area contributed by atoms with E-state index in [2.05, 4.69) is 10.1 Å². The first kappa shape index (κ1) is 18.1. The lowest BCUT2D eigenvalue weighted by molar-refractivity contribution is 0.0460. The number of ether oxygens (including phenoxy) is 1. The molecule has 0 fully saturated rings. The Morgan fingerprint density at radius 3 is 2.71 bits per heavy atom. The van der Waals surface area contributed by atoms with Crippen molar-refractivity contribution in [3.8, 4) is 0 Å². The fourth-order valence-electron chi connectivity index (χ4n) is 2.88. The summed E-state index contributed by atoms with van der Waals surface area (Å²) in [5, 5.41) is 6.80. The van der Waals surface area contributed by atoms with Gasteiger partial charge in [0.05, 0.1) is 17.1 Å². The third kappa shape index (κ3) is 3.09. The van der Waals surface area contributed by atoms with Gasteiger partial charge in [-0.15, -0.1) is 11.3 Å². The van der Waals surface area contributed by atoms with Gasteiger partial charge in [-0.3, -0.25) is 14.0 Å². The highest BCUT2D eigenvalue weighted by atomic mass is 32.1. The quantitative estimate of drug-likeness (QED) is 0.492. The number of thiazole rings is 1. The molecule has 3 aromatic heterocycles. The van der Waals surface area contributed by atoms with Crippen LogP contribution in [-0.2, 0) is 11.3 Å². The average molecular weight is 396 g/mol. The molecule has 0 spiro atoms. The highest BCUT2D eigenvalue weighted by Crippen LogP contribution is 2.16. The maximum Gasteiger partial charge on any atom is 0.359 e. The number of hydrogen-bond donors (Lipinski definition) is 0. The summed E-state index contributed by atoms with van der Waals surface area (Å²) in [6.07, 6.45) is 1.64. The number of carbonyl (C=O) groups is 1. The van der Waals surface area contributed by atoms with E-state index in [-0.39, 0.29) is 29.5 Å². The predicted octanol–water partition coefficient (Wildman–Crippen LogP) is 2.40. The summed E-state index contributed by atoms with van der Waals surface area (Å²) >= 11 is 1.32. The summed E-state index contributed by atoms with van der Waals surface area (Å²) in [5.74, 6) is -0.682. The molecule has 4 aromatic rings. The normalized spacial score (nSPS) is 11.4. The van der Waals surface area contributed by atoms with Crippen molar-refractivity contribution >= 4 is 33.0 Å². The molecule has 4 rings (SSSR count). The molecule has 1 aromatic carbocycles. The molecule has 3 heterocycles. The van der Waals surface area contributed by atoms with E-state index in [9.17, 15) is 14.4 Å². The Morgan fingerprint density at radius 1 is 1.21 bits per heavy atom. The van der Waals surface area contributed by atoms with E-state index < -0.39 is 5.97 Å². The van der Waals surface area contributed by atoms with Crippen molar-refractivity contribution in [2.24, 2.45) is 0 Å². The molecule has 0 atom stereocenters. The Bertz CT molecular complexity index is 1320. The molecule has 0 unspecified atom stereocenters. The lowest BCUT2D eigenvalue weighted by Gasteiger charge is -2.13. The number of carbonyl (C=O) groups excluding carboxylic acids is 1. The summed E-state index contributed by atoms with van der Waals surface area (Å²) in [7, 11) is 0. The van der Waals surface area contributed by atoms with Gasteiger partial charge >= 0.3 is 5.97 Å². The smallest absolute Gasteiger partial charge is 0.359 e. The highest BCUT2D eigenvalue weighted by molar-refractivity contribution is 7.15. The van der Waals surface area contributed by atoms with Crippen LogP contribution in [0.15, 0.2) is 51.5 Å². The number of esters is 1. The number of hydrogen-bond acceptors (Lipinski definition) is 7. The van der Waals surface area contributed by atoms with Crippen LogP contribution in [0, 0.1) is 0 Å². The van der Waals surface area contributed by atoms with Gasteiger partial charge in [-0.25, -0.2) is 14.5 Å². The first-order chi connectivity index (χ1) is 13.5. The zero-order chi connectivity index (χ0) is 19.8. The van der Waals surface area contributed by atoms with Gasteiger partial charge in [0, 0.05) is 23.0 Å². The molecular formula is C19H16N4O4S. The van der Waals surface area contributed by atoms with E-state index in [1.165, 1.54) is 26.5 Å². The van der Waals surface area contributed by atoms with Crippen LogP contribution < -0.4 is 11.1 Å². The second-order valence-electron chi connectivity index (χ2n) is 6.46. The number of nitrogens with zero attached hydrogens (tertiary/aromatic N) is 4. The van der Waals surface area contributed by atoms with E-state index >= 15 is 0 Å². The molecule has 0 bridgehead atoms. The van der Waals surface area contributed by atoms with Crippen LogP contribution in [0.5, 0.6) is 0 Å². The zero-order valence-electron chi connectivity index (χ0n) is 15.2. The van der Waals surface area contributed by atoms with Crippen LogP contribution in [0.1, 0.15) is 36.1 Å². The Hall–Kier alpha value is -3.33. The van der Waals surface area contributed by atoms with E-state index in [1.54, 1.807) is 35.8 Å². The van der Waals surface area contributed by atoms with E-state index in [0.29, 0.717) is 21.4 Å². The molecule has 28 heavy (non-hydrogen) atoms. The first-order valence-electron chi connectivity index (χ1n) is 8.60. The maximum absolute atomic E-state index is 12.7. The largest absolute Gasteiger partial charge is 0.454 e. The van der Waals surface area contributed by atoms with E-state index in [0.717, 1.165) is 0 Å². The zero-order valence-corrected chi connectivity index (χ0v) is 16.0. The second kappa shape index (κ2) is 7.01. The third-order valence-electron chi connectivity index (χ3n) is 4.22. The van der Waals surface area contributed by atoms with Crippen molar-refractivity contribution in [3.05, 3.63) is 74.0 Å². The average Bonchev–Trinajstić information content (AvgIpc) is 3.15. The van der Waals surface area contributed by atoms with Gasteiger partial charge < -0.3 is 4.74 Å². The second-order valence-corrected chi connectivity index (χ2v) is 7.33. The fourth-order valence-corrected chi connectivity index (χ4v) is 3.62. The van der Waals surface area contributed by atoms with Gasteiger partial charge in [-0.1, -0.05) is 18.2 Å². The summed E-state index contributed by atoms with van der Waals surface area (Å²) < 4.78 is 8.04. The minimum absolute atomic E-state index is 0.0535. The fraction of sp³-hybridized carbons (Fsp3) is 0.211. The van der Waals surface area contributed by atoms with Crippen molar-refractivity contribution in [3.63, 3.8) is 0 Å². The number of rotatable bonds is 4. The number of aromatic nitrogens is 4. The van der Waals surface area contributed by atoms with Crippen LogP contribution in [0.4, 0.5) is 0 Å². The summed E-state index contributed by atoms with van der Waals surface area (Å²) in [5.41, 5.74) is -0.102. The van der Waals surface area contributed by atoms with Crippen LogP contribution in [0.2, 0.25) is 0 Å². The van der Waals surface area contributed by atoms with Gasteiger partial charge in [0.25, 0.3) is 11.1 Å². The summed E-state index contributed by atoms with van der Waals surface area (Å²) in [4.78, 5) is 42.2. The SMILES string of the molecule is CC(C)n1nc(C(=O)OCc2cc(=O)n3ccsc3n2)c2ccccc2c1=O. The molecule has 8 nitrogen and oxygen atoms in total. The molecule has 0 saturated heterocycles. The molecule has 0 saturated carbocycles. The molecule has 0 aliphatic carbocycles. The Morgan fingerprint density at radius 2 is 1.96 bits per heavy atom. The topological polar surface area (TPSA) is 95.6 Å².